The molecule has 1 aromatic heterocycles. The fourth-order valence-corrected chi connectivity index (χ4v) is 4.49. The molecule has 0 N–H and O–H groups in total. The van der Waals surface area contributed by atoms with Crippen LogP contribution in [0, 0.1) is 20.8 Å². The van der Waals surface area contributed by atoms with Crippen molar-refractivity contribution < 1.29 is 0 Å². The van der Waals surface area contributed by atoms with E-state index in [0.717, 1.165) is 5.69 Å². The van der Waals surface area contributed by atoms with Crippen molar-refractivity contribution in [2.75, 3.05) is 0 Å². The second kappa shape index (κ2) is 6.86. The summed E-state index contributed by atoms with van der Waals surface area (Å²) in [7, 11) is 0. The molecule has 0 saturated heterocycles. The summed E-state index contributed by atoms with van der Waals surface area (Å²) in [5.74, 6) is 0. The van der Waals surface area contributed by atoms with Gasteiger partial charge in [-0.15, -0.1) is 0 Å². The van der Waals surface area contributed by atoms with E-state index in [1.54, 1.807) is 0 Å². The molecule has 29 heavy (non-hydrogen) atoms. The highest BCUT2D eigenvalue weighted by atomic mass is 14.7. The zero-order chi connectivity index (χ0) is 20.0. The van der Waals surface area contributed by atoms with E-state index < -0.39 is 0 Å². The second-order valence-corrected chi connectivity index (χ2v) is 7.90. The van der Waals surface area contributed by atoms with Gasteiger partial charge in [-0.2, -0.15) is 0 Å². The van der Waals surface area contributed by atoms with Crippen LogP contribution in [-0.4, -0.2) is 4.98 Å². The van der Waals surface area contributed by atoms with Crippen molar-refractivity contribution in [3.63, 3.8) is 0 Å². The zero-order valence-corrected chi connectivity index (χ0v) is 17.0. The summed E-state index contributed by atoms with van der Waals surface area (Å²) < 4.78 is 0. The van der Waals surface area contributed by atoms with Gasteiger partial charge in [-0.25, -0.2) is 0 Å². The summed E-state index contributed by atoms with van der Waals surface area (Å²) >= 11 is 0. The number of nitrogens with zero attached hydrogens (tertiary/aromatic N) is 1. The molecule has 1 heterocycles. The highest BCUT2D eigenvalue weighted by molar-refractivity contribution is 6.14. The van der Waals surface area contributed by atoms with Crippen molar-refractivity contribution in [2.24, 2.45) is 0 Å². The number of hydrogen-bond donors (Lipinski definition) is 0. The maximum Gasteiger partial charge on any atom is 0.0786 e. The third kappa shape index (κ3) is 3.00. The number of hydrogen-bond acceptors (Lipinski definition) is 1. The first-order valence-electron chi connectivity index (χ1n) is 10.1. The van der Waals surface area contributed by atoms with Crippen LogP contribution in [-0.2, 0) is 0 Å². The van der Waals surface area contributed by atoms with Crippen LogP contribution in [0.4, 0.5) is 0 Å². The lowest BCUT2D eigenvalue weighted by molar-refractivity contribution is 1.33. The maximum atomic E-state index is 4.82. The minimum absolute atomic E-state index is 1.06. The van der Waals surface area contributed by atoms with Gasteiger partial charge in [0.2, 0.25) is 0 Å². The molecule has 1 nitrogen and oxygen atoms in total. The van der Waals surface area contributed by atoms with Crippen molar-refractivity contribution in [1.29, 1.82) is 0 Å². The molecule has 0 atom stereocenters. The maximum absolute atomic E-state index is 4.82. The molecule has 140 valence electrons. The van der Waals surface area contributed by atoms with Gasteiger partial charge in [0.1, 0.15) is 0 Å². The van der Waals surface area contributed by atoms with Gasteiger partial charge in [0.15, 0.2) is 0 Å². The highest BCUT2D eigenvalue weighted by Crippen LogP contribution is 2.37. The van der Waals surface area contributed by atoms with Gasteiger partial charge in [0.25, 0.3) is 0 Å². The van der Waals surface area contributed by atoms with Crippen LogP contribution in [0.25, 0.3) is 43.9 Å². The summed E-state index contributed by atoms with van der Waals surface area (Å²) in [6.07, 6.45) is 1.92. The molecule has 0 radical (unpaired) electrons. The zero-order valence-electron chi connectivity index (χ0n) is 17.0. The largest absolute Gasteiger partial charge is 0.256 e. The van der Waals surface area contributed by atoms with Gasteiger partial charge < -0.3 is 0 Å². The van der Waals surface area contributed by atoms with Crippen molar-refractivity contribution in [2.45, 2.75) is 20.8 Å². The number of pyridine rings is 1. The van der Waals surface area contributed by atoms with Crippen molar-refractivity contribution in [1.82, 2.24) is 4.98 Å². The van der Waals surface area contributed by atoms with Crippen molar-refractivity contribution in [3.05, 3.63) is 102 Å². The quantitative estimate of drug-likeness (QED) is 0.290. The topological polar surface area (TPSA) is 12.9 Å². The number of rotatable bonds is 2. The Morgan fingerprint density at radius 3 is 2.10 bits per heavy atom. The van der Waals surface area contributed by atoms with Gasteiger partial charge in [-0.3, -0.25) is 4.98 Å². The molecule has 0 amide bonds. The molecule has 0 aliphatic rings. The Labute approximate surface area is 171 Å². The fraction of sp³-hybridized carbons (Fsp3) is 0.107. The predicted octanol–water partition coefficient (Wildman–Crippen LogP) is 7.65. The van der Waals surface area contributed by atoms with Crippen LogP contribution in [0.5, 0.6) is 0 Å². The fourth-order valence-electron chi connectivity index (χ4n) is 4.49. The Morgan fingerprint density at radius 2 is 1.34 bits per heavy atom. The van der Waals surface area contributed by atoms with E-state index in [1.807, 2.05) is 6.20 Å². The molecule has 0 unspecified atom stereocenters. The molecule has 5 aromatic rings. The van der Waals surface area contributed by atoms with Crippen LogP contribution in [0.15, 0.2) is 85.1 Å². The minimum atomic E-state index is 1.06. The molecule has 1 heteroatoms. The van der Waals surface area contributed by atoms with E-state index in [1.165, 1.54) is 54.9 Å². The Kier molecular flexibility index (Phi) is 4.17. The smallest absolute Gasteiger partial charge is 0.0786 e. The van der Waals surface area contributed by atoms with Crippen molar-refractivity contribution in [3.8, 4) is 22.4 Å². The van der Waals surface area contributed by atoms with Gasteiger partial charge in [-0.05, 0) is 71.8 Å². The first-order valence-corrected chi connectivity index (χ1v) is 10.1. The third-order valence-corrected chi connectivity index (χ3v) is 5.78. The van der Waals surface area contributed by atoms with Crippen LogP contribution in [0.1, 0.15) is 16.7 Å². The molecule has 0 aliphatic heterocycles. The average Bonchev–Trinajstić information content (AvgIpc) is 2.73. The predicted molar refractivity (Wildman–Crippen MR) is 124 cm³/mol. The second-order valence-electron chi connectivity index (χ2n) is 7.90. The SMILES string of the molecule is Cc1cc(C)cc(-c2nccc3ccc4c(C)c(-c5ccccc5)ccc4c23)c1. The molecule has 0 saturated carbocycles. The molecular formula is C28H23N. The lowest BCUT2D eigenvalue weighted by Gasteiger charge is -2.14. The first-order chi connectivity index (χ1) is 14.1. The van der Waals surface area contributed by atoms with E-state index in [0.29, 0.717) is 0 Å². The molecule has 0 fully saturated rings. The number of fused-ring (bicyclic) bond motifs is 3. The minimum Gasteiger partial charge on any atom is -0.256 e. The van der Waals surface area contributed by atoms with Crippen LogP contribution in [0.2, 0.25) is 0 Å². The van der Waals surface area contributed by atoms with E-state index >= 15 is 0 Å². The molecule has 0 spiro atoms. The van der Waals surface area contributed by atoms with Gasteiger partial charge in [-0.1, -0.05) is 71.8 Å². The number of aryl methyl sites for hydroxylation is 3. The average molecular weight is 373 g/mol. The molecule has 0 bridgehead atoms. The Morgan fingerprint density at radius 1 is 0.621 bits per heavy atom. The van der Waals surface area contributed by atoms with E-state index in [2.05, 4.69) is 99.6 Å². The Bertz CT molecular complexity index is 1340. The summed E-state index contributed by atoms with van der Waals surface area (Å²) in [5.41, 5.74) is 8.63. The van der Waals surface area contributed by atoms with Gasteiger partial charge in [0, 0.05) is 17.1 Å². The third-order valence-electron chi connectivity index (χ3n) is 5.78. The highest BCUT2D eigenvalue weighted by Gasteiger charge is 2.13. The molecular weight excluding hydrogens is 350 g/mol. The Balaban J connectivity index is 1.84. The van der Waals surface area contributed by atoms with Crippen LogP contribution < -0.4 is 0 Å². The first kappa shape index (κ1) is 17.6. The standard InChI is InChI=1S/C28H23N/c1-18-15-19(2)17-23(16-18)28-27-22(13-14-29-28)9-10-25-20(3)24(11-12-26(25)27)21-7-5-4-6-8-21/h4-17H,1-3H3. The lowest BCUT2D eigenvalue weighted by Crippen LogP contribution is -1.92. The lowest BCUT2D eigenvalue weighted by atomic mass is 9.91. The van der Waals surface area contributed by atoms with Crippen LogP contribution in [0.3, 0.4) is 0 Å². The molecule has 4 aromatic carbocycles. The summed E-state index contributed by atoms with van der Waals surface area (Å²) in [4.78, 5) is 4.82. The number of benzene rings is 4. The number of aromatic nitrogens is 1. The van der Waals surface area contributed by atoms with Crippen molar-refractivity contribution >= 4 is 21.5 Å². The molecule has 5 rings (SSSR count). The van der Waals surface area contributed by atoms with Gasteiger partial charge >= 0.3 is 0 Å². The monoisotopic (exact) mass is 373 g/mol. The van der Waals surface area contributed by atoms with E-state index in [4.69, 9.17) is 4.98 Å². The van der Waals surface area contributed by atoms with E-state index in [-0.39, 0.29) is 0 Å². The summed E-state index contributed by atoms with van der Waals surface area (Å²) in [5, 5.41) is 5.02. The molecule has 0 aliphatic carbocycles. The summed E-state index contributed by atoms with van der Waals surface area (Å²) in [6, 6.07) is 28.4. The van der Waals surface area contributed by atoms with E-state index in [9.17, 15) is 0 Å². The summed E-state index contributed by atoms with van der Waals surface area (Å²) in [6.45, 7) is 6.52. The Hall–Kier alpha value is -3.45. The van der Waals surface area contributed by atoms with Gasteiger partial charge in [0.05, 0.1) is 5.69 Å². The van der Waals surface area contributed by atoms with Crippen LogP contribution >= 0.6 is 0 Å². The normalized spacial score (nSPS) is 11.3.